The van der Waals surface area contributed by atoms with Crippen LogP contribution >= 0.6 is 0 Å². The molecule has 0 aromatic heterocycles. The van der Waals surface area contributed by atoms with Crippen LogP contribution in [0.15, 0.2) is 35.4 Å². The molecule has 2 atom stereocenters. The monoisotopic (exact) mass is 314 g/mol. The maximum atomic E-state index is 12.6. The summed E-state index contributed by atoms with van der Waals surface area (Å²) in [7, 11) is 0. The molecule has 1 aliphatic carbocycles. The fourth-order valence-electron chi connectivity index (χ4n) is 3.26. The number of benzene rings is 1. The van der Waals surface area contributed by atoms with Gasteiger partial charge in [-0.05, 0) is 31.9 Å². The molecule has 5 nitrogen and oxygen atoms in total. The van der Waals surface area contributed by atoms with Crippen LogP contribution in [0.1, 0.15) is 45.6 Å². The van der Waals surface area contributed by atoms with E-state index in [1.165, 1.54) is 5.01 Å². The number of hydrogen-bond acceptors (Lipinski definition) is 4. The molecule has 0 N–H and O–H groups in total. The van der Waals surface area contributed by atoms with Crippen LogP contribution in [0.25, 0.3) is 0 Å². The zero-order valence-electron chi connectivity index (χ0n) is 13.8. The van der Waals surface area contributed by atoms with Gasteiger partial charge in [-0.25, -0.2) is 0 Å². The second kappa shape index (κ2) is 5.80. The van der Waals surface area contributed by atoms with E-state index in [2.05, 4.69) is 5.10 Å². The molecular weight excluding hydrogens is 292 g/mol. The van der Waals surface area contributed by atoms with E-state index in [-0.39, 0.29) is 23.5 Å². The molecule has 2 aliphatic rings. The Kier molecular flexibility index (Phi) is 3.96. The summed E-state index contributed by atoms with van der Waals surface area (Å²) in [6, 6.07) is 9.48. The molecule has 5 heteroatoms. The number of carbonyl (C=O) groups is 2. The van der Waals surface area contributed by atoms with E-state index in [9.17, 15) is 9.59 Å². The average Bonchev–Trinajstić information content (AvgIpc) is 3.12. The molecule has 1 amide bonds. The maximum absolute atomic E-state index is 12.6. The third kappa shape index (κ3) is 2.64. The van der Waals surface area contributed by atoms with Gasteiger partial charge in [-0.1, -0.05) is 32.0 Å². The zero-order chi connectivity index (χ0) is 16.6. The number of nitrogens with zero attached hydrogens (tertiary/aromatic N) is 2. The first-order chi connectivity index (χ1) is 10.9. The van der Waals surface area contributed by atoms with E-state index < -0.39 is 5.72 Å². The molecule has 0 bridgehead atoms. The van der Waals surface area contributed by atoms with Crippen molar-refractivity contribution in [1.82, 2.24) is 5.01 Å². The number of ketones is 1. The van der Waals surface area contributed by atoms with Crippen molar-refractivity contribution in [1.29, 1.82) is 0 Å². The van der Waals surface area contributed by atoms with Crippen LogP contribution in [0.4, 0.5) is 0 Å². The normalized spacial score (nSPS) is 27.3. The van der Waals surface area contributed by atoms with Gasteiger partial charge in [-0.15, -0.1) is 5.10 Å². The third-order valence-corrected chi connectivity index (χ3v) is 4.59. The van der Waals surface area contributed by atoms with Crippen molar-refractivity contribution in [3.05, 3.63) is 35.9 Å². The fourth-order valence-corrected chi connectivity index (χ4v) is 3.26. The Bertz CT molecular complexity index is 653. The molecule has 1 aromatic carbocycles. The molecular formula is C18H22N2O3. The number of hydrogen-bond donors (Lipinski definition) is 0. The standard InChI is InChI=1S/C18H22N2O3/c1-12(2)17(22)20-18(3,14-10-7-11-15(14)21)23-16(19-20)13-8-5-4-6-9-13/h4-6,8-9,12,14H,7,10-11H2,1-3H3/t14-,18+/m1/s1. The Morgan fingerprint density at radius 1 is 1.35 bits per heavy atom. The number of ether oxygens (including phenoxy) is 1. The van der Waals surface area contributed by atoms with Crippen molar-refractivity contribution in [2.45, 2.75) is 45.8 Å². The highest BCUT2D eigenvalue weighted by molar-refractivity contribution is 5.98. The van der Waals surface area contributed by atoms with Gasteiger partial charge in [0.05, 0.1) is 5.92 Å². The first-order valence-electron chi connectivity index (χ1n) is 8.13. The quantitative estimate of drug-likeness (QED) is 0.862. The highest BCUT2D eigenvalue weighted by Gasteiger charge is 2.54. The molecule has 0 spiro atoms. The molecule has 23 heavy (non-hydrogen) atoms. The number of hydrazone groups is 1. The minimum Gasteiger partial charge on any atom is -0.447 e. The van der Waals surface area contributed by atoms with Crippen LogP contribution in [0.5, 0.6) is 0 Å². The van der Waals surface area contributed by atoms with Crippen LogP contribution in [0.2, 0.25) is 0 Å². The summed E-state index contributed by atoms with van der Waals surface area (Å²) in [4.78, 5) is 24.9. The lowest BCUT2D eigenvalue weighted by Crippen LogP contribution is -2.53. The molecule has 122 valence electrons. The molecule has 1 heterocycles. The lowest BCUT2D eigenvalue weighted by Gasteiger charge is -2.36. The predicted octanol–water partition coefficient (Wildman–Crippen LogP) is 2.95. The van der Waals surface area contributed by atoms with E-state index in [4.69, 9.17) is 4.74 Å². The Hall–Kier alpha value is -2.17. The Balaban J connectivity index is 1.99. The number of rotatable bonds is 3. The number of carbonyl (C=O) groups excluding carboxylic acids is 2. The fraction of sp³-hybridized carbons (Fsp3) is 0.500. The summed E-state index contributed by atoms with van der Waals surface area (Å²) in [5.74, 6) is -0.109. The summed E-state index contributed by atoms with van der Waals surface area (Å²) in [6.07, 6.45) is 2.12. The van der Waals surface area contributed by atoms with Gasteiger partial charge in [0, 0.05) is 17.9 Å². The highest BCUT2D eigenvalue weighted by atomic mass is 16.6. The Labute approximate surface area is 136 Å². The summed E-state index contributed by atoms with van der Waals surface area (Å²) in [5, 5.41) is 5.83. The zero-order valence-corrected chi connectivity index (χ0v) is 13.8. The lowest BCUT2D eigenvalue weighted by molar-refractivity contribution is -0.161. The molecule has 3 rings (SSSR count). The largest absolute Gasteiger partial charge is 0.447 e. The van der Waals surface area contributed by atoms with Gasteiger partial charge in [0.15, 0.2) is 0 Å². The van der Waals surface area contributed by atoms with Gasteiger partial charge in [-0.2, -0.15) is 5.01 Å². The van der Waals surface area contributed by atoms with Gasteiger partial charge < -0.3 is 4.74 Å². The van der Waals surface area contributed by atoms with Crippen molar-refractivity contribution in [3.63, 3.8) is 0 Å². The smallest absolute Gasteiger partial charge is 0.248 e. The summed E-state index contributed by atoms with van der Waals surface area (Å²) in [6.45, 7) is 5.46. The van der Waals surface area contributed by atoms with E-state index in [1.54, 1.807) is 6.92 Å². The van der Waals surface area contributed by atoms with Gasteiger partial charge in [0.2, 0.25) is 17.5 Å². The van der Waals surface area contributed by atoms with E-state index in [0.717, 1.165) is 18.4 Å². The second-order valence-electron chi connectivity index (χ2n) is 6.64. The average molecular weight is 314 g/mol. The predicted molar refractivity (Wildman–Crippen MR) is 86.5 cm³/mol. The summed E-state index contributed by atoms with van der Waals surface area (Å²) >= 11 is 0. The molecule has 1 aliphatic heterocycles. The molecule has 0 unspecified atom stereocenters. The maximum Gasteiger partial charge on any atom is 0.248 e. The highest BCUT2D eigenvalue weighted by Crippen LogP contribution is 2.41. The van der Waals surface area contributed by atoms with Crippen molar-refractivity contribution >= 4 is 17.6 Å². The first-order valence-corrected chi connectivity index (χ1v) is 8.13. The lowest BCUT2D eigenvalue weighted by atomic mass is 9.93. The van der Waals surface area contributed by atoms with Crippen LogP contribution < -0.4 is 0 Å². The van der Waals surface area contributed by atoms with Crippen LogP contribution in [0.3, 0.4) is 0 Å². The van der Waals surface area contributed by atoms with Crippen molar-refractivity contribution < 1.29 is 14.3 Å². The molecule has 1 fully saturated rings. The van der Waals surface area contributed by atoms with Gasteiger partial charge >= 0.3 is 0 Å². The van der Waals surface area contributed by atoms with E-state index in [0.29, 0.717) is 12.3 Å². The molecule has 0 radical (unpaired) electrons. The molecule has 1 aromatic rings. The number of Topliss-reactive ketones (excluding diaryl/α,β-unsaturated/α-hetero) is 1. The third-order valence-electron chi connectivity index (χ3n) is 4.59. The van der Waals surface area contributed by atoms with Crippen LogP contribution in [-0.4, -0.2) is 28.3 Å². The van der Waals surface area contributed by atoms with Gasteiger partial charge in [-0.3, -0.25) is 9.59 Å². The minimum absolute atomic E-state index is 0.127. The summed E-state index contributed by atoms with van der Waals surface area (Å²) in [5.41, 5.74) is -0.219. The Morgan fingerprint density at radius 3 is 2.61 bits per heavy atom. The van der Waals surface area contributed by atoms with Crippen LogP contribution in [0, 0.1) is 11.8 Å². The topological polar surface area (TPSA) is 59.0 Å². The SMILES string of the molecule is CC(C)C(=O)N1N=C(c2ccccc2)O[C@@]1(C)[C@@H]1CCCC1=O. The van der Waals surface area contributed by atoms with Crippen molar-refractivity contribution in [2.75, 3.05) is 0 Å². The van der Waals surface area contributed by atoms with Gasteiger partial charge in [0.1, 0.15) is 5.78 Å². The number of amides is 1. The van der Waals surface area contributed by atoms with Gasteiger partial charge in [0.25, 0.3) is 0 Å². The van der Waals surface area contributed by atoms with Crippen LogP contribution in [-0.2, 0) is 14.3 Å². The minimum atomic E-state index is -1.03. The van der Waals surface area contributed by atoms with E-state index in [1.807, 2.05) is 44.2 Å². The second-order valence-corrected chi connectivity index (χ2v) is 6.64. The molecule has 1 saturated carbocycles. The molecule has 0 saturated heterocycles. The summed E-state index contributed by atoms with van der Waals surface area (Å²) < 4.78 is 6.11. The first kappa shape index (κ1) is 15.7. The van der Waals surface area contributed by atoms with Crippen molar-refractivity contribution in [3.8, 4) is 0 Å². The van der Waals surface area contributed by atoms with E-state index >= 15 is 0 Å². The Morgan fingerprint density at radius 2 is 2.04 bits per heavy atom. The van der Waals surface area contributed by atoms with Crippen molar-refractivity contribution in [2.24, 2.45) is 16.9 Å².